The highest BCUT2D eigenvalue weighted by molar-refractivity contribution is 7.93. The first kappa shape index (κ1) is 30.2. The van der Waals surface area contributed by atoms with Crippen LogP contribution in [0, 0.1) is 17.0 Å². The van der Waals surface area contributed by atoms with Gasteiger partial charge >= 0.3 is 0 Å². The number of benzene rings is 3. The van der Waals surface area contributed by atoms with E-state index >= 15 is 0 Å². The number of amides is 1. The Kier molecular flexibility index (Phi) is 8.87. The van der Waals surface area contributed by atoms with Gasteiger partial charge in [-0.25, -0.2) is 16.8 Å². The molecule has 0 spiro atoms. The maximum atomic E-state index is 13.8. The lowest BCUT2D eigenvalue weighted by Crippen LogP contribution is -2.38. The molecule has 1 aliphatic heterocycles. The van der Waals surface area contributed by atoms with Crippen molar-refractivity contribution < 1.29 is 31.3 Å². The summed E-state index contributed by atoms with van der Waals surface area (Å²) < 4.78 is 60.7. The number of nitrogens with zero attached hydrogens (tertiary/aromatic N) is 3. The van der Waals surface area contributed by atoms with Crippen LogP contribution in [-0.4, -0.2) is 58.7 Å². The highest BCUT2D eigenvalue weighted by atomic mass is 35.5. The van der Waals surface area contributed by atoms with E-state index in [0.717, 1.165) is 23.2 Å². The molecule has 0 bridgehead atoms. The average molecular weight is 623 g/mol. The Morgan fingerprint density at radius 2 is 1.66 bits per heavy atom. The second-order valence-electron chi connectivity index (χ2n) is 9.22. The Labute approximate surface area is 242 Å². The fourth-order valence-electron chi connectivity index (χ4n) is 4.35. The number of carbonyl (C=O) groups is 1. The van der Waals surface area contributed by atoms with Gasteiger partial charge in [0.15, 0.2) is 0 Å². The van der Waals surface area contributed by atoms with Crippen molar-refractivity contribution in [2.45, 2.75) is 29.6 Å². The quantitative estimate of drug-likeness (QED) is 0.261. The van der Waals surface area contributed by atoms with E-state index < -0.39 is 48.0 Å². The summed E-state index contributed by atoms with van der Waals surface area (Å²) in [6, 6.07) is 13.2. The second kappa shape index (κ2) is 12.0. The normalized spacial score (nSPS) is 14.0. The van der Waals surface area contributed by atoms with Gasteiger partial charge in [0.2, 0.25) is 15.9 Å². The van der Waals surface area contributed by atoms with Crippen LogP contribution in [0.5, 0.6) is 5.75 Å². The Bertz CT molecular complexity index is 1690. The van der Waals surface area contributed by atoms with Crippen LogP contribution in [0.3, 0.4) is 0 Å². The van der Waals surface area contributed by atoms with Gasteiger partial charge in [0.1, 0.15) is 12.3 Å². The zero-order valence-electron chi connectivity index (χ0n) is 22.1. The van der Waals surface area contributed by atoms with Crippen molar-refractivity contribution in [3.8, 4) is 5.75 Å². The number of hydrogen-bond acceptors (Lipinski definition) is 8. The smallest absolute Gasteiger partial charge is 0.273 e. The van der Waals surface area contributed by atoms with E-state index in [-0.39, 0.29) is 32.6 Å². The lowest BCUT2D eigenvalue weighted by atomic mass is 10.2. The van der Waals surface area contributed by atoms with E-state index in [1.54, 1.807) is 0 Å². The largest absolute Gasteiger partial charge is 0.495 e. The van der Waals surface area contributed by atoms with Crippen molar-refractivity contribution in [1.29, 1.82) is 0 Å². The van der Waals surface area contributed by atoms with Crippen molar-refractivity contribution in [2.75, 3.05) is 36.4 Å². The molecule has 1 N–H and O–H groups in total. The maximum absolute atomic E-state index is 13.8. The Morgan fingerprint density at radius 1 is 1.02 bits per heavy atom. The van der Waals surface area contributed by atoms with Gasteiger partial charge in [-0.05, 0) is 68.3 Å². The van der Waals surface area contributed by atoms with Gasteiger partial charge in [-0.3, -0.25) is 19.2 Å². The molecule has 0 radical (unpaired) electrons. The van der Waals surface area contributed by atoms with E-state index in [9.17, 15) is 31.7 Å². The summed E-state index contributed by atoms with van der Waals surface area (Å²) in [6.45, 7) is 1.61. The molecule has 1 amide bonds. The minimum Gasteiger partial charge on any atom is -0.495 e. The fraction of sp³-hybridized carbons (Fsp3) is 0.269. The Balaban J connectivity index is 1.66. The second-order valence-corrected chi connectivity index (χ2v) is 13.5. The number of sulfonamides is 2. The predicted octanol–water partition coefficient (Wildman–Crippen LogP) is 4.18. The van der Waals surface area contributed by atoms with E-state index in [1.807, 2.05) is 0 Å². The predicted molar refractivity (Wildman–Crippen MR) is 153 cm³/mol. The van der Waals surface area contributed by atoms with Crippen molar-refractivity contribution in [2.24, 2.45) is 0 Å². The van der Waals surface area contributed by atoms with Crippen molar-refractivity contribution in [3.63, 3.8) is 0 Å². The van der Waals surface area contributed by atoms with Gasteiger partial charge in [0, 0.05) is 35.4 Å². The molecule has 3 aromatic carbocycles. The van der Waals surface area contributed by atoms with Gasteiger partial charge in [0.05, 0.1) is 27.5 Å². The molecule has 0 atom stereocenters. The molecule has 0 aliphatic carbocycles. The molecule has 4 rings (SSSR count). The number of nitro benzene ring substituents is 1. The molecule has 1 saturated heterocycles. The molecular weight excluding hydrogens is 596 g/mol. The van der Waals surface area contributed by atoms with E-state index in [2.05, 4.69) is 5.32 Å². The third kappa shape index (κ3) is 6.45. The molecular formula is C26H27ClN4O8S2. The SMILES string of the molecule is COc1ccc(Cl)cc1N(CC(=O)Nc1ccc(S(=O)(=O)N2CCCC2)cc1)S(=O)(=O)c1ccc(C)c([N+](=O)[O-])c1. The molecule has 1 fully saturated rings. The number of nitro groups is 1. The molecule has 1 heterocycles. The third-order valence-corrected chi connectivity index (χ3v) is 10.4. The van der Waals surface area contributed by atoms with Crippen LogP contribution in [0.25, 0.3) is 0 Å². The first-order chi connectivity index (χ1) is 19.3. The Hall–Kier alpha value is -3.72. The molecule has 0 aromatic heterocycles. The van der Waals surface area contributed by atoms with Gasteiger partial charge in [0.25, 0.3) is 15.7 Å². The summed E-state index contributed by atoms with van der Waals surface area (Å²) in [7, 11) is -6.90. The van der Waals surface area contributed by atoms with Crippen LogP contribution in [0.2, 0.25) is 5.02 Å². The van der Waals surface area contributed by atoms with E-state index in [1.165, 1.54) is 72.9 Å². The summed E-state index contributed by atoms with van der Waals surface area (Å²) >= 11 is 6.15. The molecule has 218 valence electrons. The summed E-state index contributed by atoms with van der Waals surface area (Å²) in [5.74, 6) is -0.684. The average Bonchev–Trinajstić information content (AvgIpc) is 3.48. The van der Waals surface area contributed by atoms with Crippen LogP contribution in [-0.2, 0) is 24.8 Å². The molecule has 3 aromatic rings. The number of carbonyl (C=O) groups excluding carboxylic acids is 1. The van der Waals surface area contributed by atoms with Crippen LogP contribution in [0.15, 0.2) is 70.5 Å². The minimum absolute atomic E-state index is 0.0644. The zero-order valence-corrected chi connectivity index (χ0v) is 24.5. The number of rotatable bonds is 10. The monoisotopic (exact) mass is 622 g/mol. The number of aryl methyl sites for hydroxylation is 1. The maximum Gasteiger partial charge on any atom is 0.273 e. The summed E-state index contributed by atoms with van der Waals surface area (Å²) in [5, 5.41) is 14.2. The lowest BCUT2D eigenvalue weighted by molar-refractivity contribution is -0.385. The Morgan fingerprint density at radius 3 is 2.27 bits per heavy atom. The molecule has 41 heavy (non-hydrogen) atoms. The van der Waals surface area contributed by atoms with Crippen molar-refractivity contribution >= 4 is 54.6 Å². The van der Waals surface area contributed by atoms with Crippen LogP contribution in [0.1, 0.15) is 18.4 Å². The summed E-state index contributed by atoms with van der Waals surface area (Å²) in [4.78, 5) is 23.6. The first-order valence-corrected chi connectivity index (χ1v) is 15.6. The number of anilines is 2. The number of halogens is 1. The summed E-state index contributed by atoms with van der Waals surface area (Å²) in [6.07, 6.45) is 1.58. The number of hydrogen-bond donors (Lipinski definition) is 1. The summed E-state index contributed by atoms with van der Waals surface area (Å²) in [5.41, 5.74) is 0.0217. The van der Waals surface area contributed by atoms with Crippen LogP contribution >= 0.6 is 11.6 Å². The van der Waals surface area contributed by atoms with E-state index in [4.69, 9.17) is 16.3 Å². The van der Waals surface area contributed by atoms with Gasteiger partial charge in [-0.1, -0.05) is 17.7 Å². The molecule has 15 heteroatoms. The lowest BCUT2D eigenvalue weighted by Gasteiger charge is -2.26. The molecule has 0 unspecified atom stereocenters. The first-order valence-electron chi connectivity index (χ1n) is 12.4. The number of methoxy groups -OCH3 is 1. The molecule has 0 saturated carbocycles. The number of ether oxygens (including phenoxy) is 1. The molecule has 12 nitrogen and oxygen atoms in total. The van der Waals surface area contributed by atoms with Gasteiger partial charge < -0.3 is 10.1 Å². The van der Waals surface area contributed by atoms with Crippen molar-refractivity contribution in [1.82, 2.24) is 4.31 Å². The van der Waals surface area contributed by atoms with Crippen LogP contribution in [0.4, 0.5) is 17.1 Å². The fourth-order valence-corrected chi connectivity index (χ4v) is 7.48. The van der Waals surface area contributed by atoms with Gasteiger partial charge in [-0.2, -0.15) is 4.31 Å². The third-order valence-electron chi connectivity index (χ3n) is 6.50. The zero-order chi connectivity index (χ0) is 29.9. The highest BCUT2D eigenvalue weighted by Crippen LogP contribution is 2.36. The standard InChI is InChI=1S/C26H27ClN4O8S2/c1-18-5-9-22(16-23(18)31(33)34)41(37,38)30(24-15-19(27)6-12-25(24)39-2)17-26(32)28-20-7-10-21(11-8-20)40(35,36)29-13-3-4-14-29/h5-12,15-16H,3-4,13-14,17H2,1-2H3,(H,28,32). The molecule has 1 aliphatic rings. The van der Waals surface area contributed by atoms with Crippen LogP contribution < -0.4 is 14.4 Å². The van der Waals surface area contributed by atoms with E-state index in [0.29, 0.717) is 13.1 Å². The minimum atomic E-state index is -4.55. The number of nitrogens with one attached hydrogen (secondary N) is 1. The van der Waals surface area contributed by atoms with Crippen molar-refractivity contribution in [3.05, 3.63) is 81.4 Å². The highest BCUT2D eigenvalue weighted by Gasteiger charge is 2.32. The van der Waals surface area contributed by atoms with Gasteiger partial charge in [-0.15, -0.1) is 0 Å². The topological polar surface area (TPSA) is 156 Å².